The molecule has 0 saturated carbocycles. The van der Waals surface area contributed by atoms with E-state index in [9.17, 15) is 10.1 Å². The highest BCUT2D eigenvalue weighted by Gasteiger charge is 2.16. The monoisotopic (exact) mass is 557 g/mol. The predicted octanol–water partition coefficient (Wildman–Crippen LogP) is 4.30. The largest absolute Gasteiger partial charge is 0.437 e. The summed E-state index contributed by atoms with van der Waals surface area (Å²) >= 11 is 1.29. The van der Waals surface area contributed by atoms with E-state index in [1.165, 1.54) is 11.8 Å². The number of aryl methyl sites for hydroxylation is 2. The fourth-order valence-electron chi connectivity index (χ4n) is 4.17. The number of nitriles is 2. The van der Waals surface area contributed by atoms with Gasteiger partial charge in [-0.15, -0.1) is 11.8 Å². The van der Waals surface area contributed by atoms with Crippen LogP contribution in [0.2, 0.25) is 0 Å². The quantitative estimate of drug-likeness (QED) is 0.259. The standard InChI is InChI=1S/C29H31N7O3S/c1-20-14-23(17-31)15-21(2)27(20)39-28-25(18-33-29(35-28)34-24-6-4-22(16-30)5-7-24)40-19-26(37)32-8-3-9-36-10-12-38-13-11-36/h4-7,14-15,18H,3,8-13,19H2,1-2H3,(H,32,37)(H,33,34,35). The molecule has 0 spiro atoms. The lowest BCUT2D eigenvalue weighted by Crippen LogP contribution is -2.38. The molecule has 40 heavy (non-hydrogen) atoms. The third-order valence-corrected chi connectivity index (χ3v) is 7.21. The van der Waals surface area contributed by atoms with Crippen molar-refractivity contribution in [3.8, 4) is 23.8 Å². The van der Waals surface area contributed by atoms with Gasteiger partial charge in [-0.2, -0.15) is 15.5 Å². The summed E-state index contributed by atoms with van der Waals surface area (Å²) in [5.41, 5.74) is 3.41. The van der Waals surface area contributed by atoms with Gasteiger partial charge in [0.25, 0.3) is 0 Å². The van der Waals surface area contributed by atoms with Crippen molar-refractivity contribution in [3.63, 3.8) is 0 Å². The maximum Gasteiger partial charge on any atom is 0.237 e. The molecule has 11 heteroatoms. The van der Waals surface area contributed by atoms with Crippen LogP contribution in [0, 0.1) is 36.5 Å². The average Bonchev–Trinajstić information content (AvgIpc) is 2.97. The zero-order chi connectivity index (χ0) is 28.3. The molecular formula is C29H31N7O3S. The van der Waals surface area contributed by atoms with E-state index in [1.807, 2.05) is 13.8 Å². The minimum Gasteiger partial charge on any atom is -0.437 e. The van der Waals surface area contributed by atoms with E-state index >= 15 is 0 Å². The number of rotatable bonds is 11. The summed E-state index contributed by atoms with van der Waals surface area (Å²) < 4.78 is 11.6. The zero-order valence-electron chi connectivity index (χ0n) is 22.6. The lowest BCUT2D eigenvalue weighted by Gasteiger charge is -2.26. The molecule has 1 aliphatic heterocycles. The number of ether oxygens (including phenoxy) is 2. The van der Waals surface area contributed by atoms with Gasteiger partial charge in [-0.05, 0) is 74.3 Å². The minimum atomic E-state index is -0.0801. The number of amides is 1. The van der Waals surface area contributed by atoms with Gasteiger partial charge in [-0.25, -0.2) is 4.98 Å². The molecular weight excluding hydrogens is 526 g/mol. The Hall–Kier alpha value is -4.16. The number of morpholine rings is 1. The number of carbonyl (C=O) groups excluding carboxylic acids is 1. The van der Waals surface area contributed by atoms with Crippen LogP contribution >= 0.6 is 11.8 Å². The molecule has 1 fully saturated rings. The van der Waals surface area contributed by atoms with Gasteiger partial charge >= 0.3 is 0 Å². The Labute approximate surface area is 238 Å². The van der Waals surface area contributed by atoms with E-state index in [-0.39, 0.29) is 11.7 Å². The highest BCUT2D eigenvalue weighted by Crippen LogP contribution is 2.35. The number of hydrogen-bond acceptors (Lipinski definition) is 10. The Balaban J connectivity index is 1.44. The molecule has 206 valence electrons. The van der Waals surface area contributed by atoms with E-state index in [1.54, 1.807) is 42.6 Å². The van der Waals surface area contributed by atoms with Crippen molar-refractivity contribution in [1.29, 1.82) is 10.5 Å². The van der Waals surface area contributed by atoms with Gasteiger partial charge in [0, 0.05) is 31.5 Å². The lowest BCUT2D eigenvalue weighted by molar-refractivity contribution is -0.118. The molecule has 4 rings (SSSR count). The van der Waals surface area contributed by atoms with Crippen LogP contribution in [0.4, 0.5) is 11.6 Å². The van der Waals surface area contributed by atoms with Crippen molar-refractivity contribution in [2.45, 2.75) is 25.2 Å². The van der Waals surface area contributed by atoms with Gasteiger partial charge < -0.3 is 20.1 Å². The van der Waals surface area contributed by atoms with Crippen molar-refractivity contribution < 1.29 is 14.3 Å². The Morgan fingerprint density at radius 2 is 1.80 bits per heavy atom. The van der Waals surface area contributed by atoms with Gasteiger partial charge in [0.1, 0.15) is 5.75 Å². The normalized spacial score (nSPS) is 13.2. The molecule has 0 bridgehead atoms. The summed E-state index contributed by atoms with van der Waals surface area (Å²) in [6.45, 7) is 8.67. The predicted molar refractivity (Wildman–Crippen MR) is 153 cm³/mol. The van der Waals surface area contributed by atoms with E-state index in [0.717, 1.165) is 50.4 Å². The van der Waals surface area contributed by atoms with E-state index in [0.29, 0.717) is 45.8 Å². The Morgan fingerprint density at radius 1 is 1.10 bits per heavy atom. The maximum atomic E-state index is 12.6. The topological polar surface area (TPSA) is 136 Å². The second-order valence-electron chi connectivity index (χ2n) is 9.28. The van der Waals surface area contributed by atoms with E-state index < -0.39 is 0 Å². The molecule has 0 radical (unpaired) electrons. The van der Waals surface area contributed by atoms with Crippen LogP contribution in [0.25, 0.3) is 0 Å². The van der Waals surface area contributed by atoms with Crippen LogP contribution in [0.15, 0.2) is 47.5 Å². The van der Waals surface area contributed by atoms with Crippen LogP contribution in [0.3, 0.4) is 0 Å². The fourth-order valence-corrected chi connectivity index (χ4v) is 4.89. The summed E-state index contributed by atoms with van der Waals surface area (Å²) in [5.74, 6) is 1.30. The molecule has 1 aliphatic rings. The Kier molecular flexibility index (Phi) is 10.3. The third-order valence-electron chi connectivity index (χ3n) is 6.22. The number of anilines is 2. The number of benzene rings is 2. The second kappa shape index (κ2) is 14.3. The van der Waals surface area contributed by atoms with Gasteiger partial charge in [-0.3, -0.25) is 9.69 Å². The molecule has 2 aromatic carbocycles. The van der Waals surface area contributed by atoms with Crippen molar-refractivity contribution >= 4 is 29.3 Å². The highest BCUT2D eigenvalue weighted by atomic mass is 32.2. The molecule has 2 N–H and O–H groups in total. The summed E-state index contributed by atoms with van der Waals surface area (Å²) in [5, 5.41) is 24.4. The van der Waals surface area contributed by atoms with Crippen molar-refractivity contribution in [3.05, 3.63) is 64.8 Å². The first-order valence-electron chi connectivity index (χ1n) is 13.0. The number of nitrogens with one attached hydrogen (secondary N) is 2. The highest BCUT2D eigenvalue weighted by molar-refractivity contribution is 8.00. The molecule has 1 amide bonds. The number of hydrogen-bond donors (Lipinski definition) is 2. The van der Waals surface area contributed by atoms with Gasteiger partial charge in [0.05, 0.1) is 47.1 Å². The maximum absolute atomic E-state index is 12.6. The molecule has 0 unspecified atom stereocenters. The Morgan fingerprint density at radius 3 is 2.48 bits per heavy atom. The van der Waals surface area contributed by atoms with Crippen LogP contribution in [-0.2, 0) is 9.53 Å². The number of nitrogens with zero attached hydrogens (tertiary/aromatic N) is 5. The van der Waals surface area contributed by atoms with E-state index in [2.05, 4.69) is 37.6 Å². The van der Waals surface area contributed by atoms with Gasteiger partial charge in [0.15, 0.2) is 0 Å². The first-order valence-corrected chi connectivity index (χ1v) is 14.0. The Bertz CT molecular complexity index is 1390. The van der Waals surface area contributed by atoms with Crippen molar-refractivity contribution in [2.24, 2.45) is 0 Å². The molecule has 1 saturated heterocycles. The smallest absolute Gasteiger partial charge is 0.237 e. The van der Waals surface area contributed by atoms with Crippen molar-refractivity contribution in [2.75, 3.05) is 50.5 Å². The van der Waals surface area contributed by atoms with E-state index in [4.69, 9.17) is 14.7 Å². The van der Waals surface area contributed by atoms with Crippen molar-refractivity contribution in [1.82, 2.24) is 20.2 Å². The van der Waals surface area contributed by atoms with Crippen LogP contribution < -0.4 is 15.4 Å². The second-order valence-corrected chi connectivity index (χ2v) is 10.3. The number of carbonyl (C=O) groups is 1. The SMILES string of the molecule is Cc1cc(C#N)cc(C)c1Oc1nc(Nc2ccc(C#N)cc2)ncc1SCC(=O)NCCCN1CCOCC1. The van der Waals surface area contributed by atoms with Crippen LogP contribution in [0.1, 0.15) is 28.7 Å². The summed E-state index contributed by atoms with van der Waals surface area (Å²) in [6.07, 6.45) is 2.50. The number of aromatic nitrogens is 2. The zero-order valence-corrected chi connectivity index (χ0v) is 23.4. The molecule has 2 heterocycles. The molecule has 0 aliphatic carbocycles. The molecule has 1 aromatic heterocycles. The van der Waals surface area contributed by atoms with Gasteiger partial charge in [-0.1, -0.05) is 0 Å². The first-order chi connectivity index (χ1) is 19.4. The van der Waals surface area contributed by atoms with Gasteiger partial charge in [0.2, 0.25) is 17.7 Å². The summed E-state index contributed by atoms with van der Waals surface area (Å²) in [7, 11) is 0. The van der Waals surface area contributed by atoms with Crippen LogP contribution in [-0.4, -0.2) is 65.9 Å². The number of thioether (sulfide) groups is 1. The molecule has 10 nitrogen and oxygen atoms in total. The molecule has 3 aromatic rings. The summed E-state index contributed by atoms with van der Waals surface area (Å²) in [6, 6.07) is 14.7. The summed E-state index contributed by atoms with van der Waals surface area (Å²) in [4.78, 5) is 24.5. The first kappa shape index (κ1) is 28.8. The minimum absolute atomic E-state index is 0.0801. The third kappa shape index (κ3) is 8.17. The average molecular weight is 558 g/mol. The lowest BCUT2D eigenvalue weighted by atomic mass is 10.1. The van der Waals surface area contributed by atoms with Crippen LogP contribution in [0.5, 0.6) is 11.6 Å². The molecule has 0 atom stereocenters. The fraction of sp³-hybridized carbons (Fsp3) is 0.345.